The van der Waals surface area contributed by atoms with Gasteiger partial charge in [-0.15, -0.1) is 5.10 Å². The highest BCUT2D eigenvalue weighted by molar-refractivity contribution is 5.98. The molecule has 2 aromatic heterocycles. The molecule has 0 radical (unpaired) electrons. The van der Waals surface area contributed by atoms with Gasteiger partial charge in [-0.25, -0.2) is 14.5 Å². The van der Waals surface area contributed by atoms with Crippen molar-refractivity contribution in [3.8, 4) is 17.4 Å². The van der Waals surface area contributed by atoms with E-state index in [-0.39, 0.29) is 0 Å². The van der Waals surface area contributed by atoms with Crippen LogP contribution in [0.4, 0.5) is 5.69 Å². The lowest BCUT2D eigenvalue weighted by molar-refractivity contribution is 0.0600. The molecule has 9 nitrogen and oxygen atoms in total. The molecule has 0 spiro atoms. The van der Waals surface area contributed by atoms with Crippen molar-refractivity contribution >= 4 is 22.7 Å². The summed E-state index contributed by atoms with van der Waals surface area (Å²) in [6, 6.07) is 11.5. The second-order valence-corrected chi connectivity index (χ2v) is 7.50. The number of carbonyl (C=O) groups excluding carboxylic acids is 1. The van der Waals surface area contributed by atoms with Crippen LogP contribution in [0.3, 0.4) is 0 Å². The van der Waals surface area contributed by atoms with E-state index >= 15 is 0 Å². The number of rotatable bonds is 7. The minimum atomic E-state index is -0.447. The average molecular weight is 447 g/mol. The first-order valence-electron chi connectivity index (χ1n) is 10.4. The molecule has 0 amide bonds. The van der Waals surface area contributed by atoms with Gasteiger partial charge in [0.15, 0.2) is 5.75 Å². The molecule has 4 aromatic rings. The van der Waals surface area contributed by atoms with Gasteiger partial charge in [-0.05, 0) is 49.2 Å². The molecule has 0 aliphatic carbocycles. The number of ether oxygens (including phenoxy) is 3. The summed E-state index contributed by atoms with van der Waals surface area (Å²) < 4.78 is 18.5. The monoisotopic (exact) mass is 447 g/mol. The van der Waals surface area contributed by atoms with Crippen molar-refractivity contribution in [1.29, 1.82) is 0 Å². The molecule has 2 heterocycles. The van der Waals surface area contributed by atoms with Crippen molar-refractivity contribution in [3.05, 3.63) is 64.8 Å². The number of pyridine rings is 1. The lowest BCUT2D eigenvalue weighted by atomic mass is 10.0. The lowest BCUT2D eigenvalue weighted by Gasteiger charge is -2.18. The molecule has 0 bridgehead atoms. The highest BCUT2D eigenvalue weighted by atomic mass is 16.5. The third-order valence-electron chi connectivity index (χ3n) is 5.41. The summed E-state index contributed by atoms with van der Waals surface area (Å²) in [5.74, 6) is 0.837. The number of hydrogen-bond acceptors (Lipinski definition) is 8. The van der Waals surface area contributed by atoms with Crippen LogP contribution in [0.2, 0.25) is 0 Å². The van der Waals surface area contributed by atoms with Crippen LogP contribution < -0.4 is 14.8 Å². The fourth-order valence-corrected chi connectivity index (χ4v) is 3.77. The van der Waals surface area contributed by atoms with Crippen LogP contribution in [-0.4, -0.2) is 47.2 Å². The van der Waals surface area contributed by atoms with Gasteiger partial charge < -0.3 is 19.5 Å². The van der Waals surface area contributed by atoms with Crippen LogP contribution in [0.1, 0.15) is 27.0 Å². The number of para-hydroxylation sites is 1. The number of carbonyl (C=O) groups is 1. The zero-order valence-electron chi connectivity index (χ0n) is 19.2. The number of benzene rings is 2. The Kier molecular flexibility index (Phi) is 6.12. The number of anilines is 1. The maximum absolute atomic E-state index is 12.4. The summed E-state index contributed by atoms with van der Waals surface area (Å²) in [4.78, 5) is 16.9. The Morgan fingerprint density at radius 3 is 2.67 bits per heavy atom. The molecule has 0 atom stereocenters. The van der Waals surface area contributed by atoms with Crippen molar-refractivity contribution in [1.82, 2.24) is 20.0 Å². The second-order valence-electron chi connectivity index (χ2n) is 7.50. The van der Waals surface area contributed by atoms with Crippen molar-refractivity contribution in [2.24, 2.45) is 0 Å². The number of aryl methyl sites for hydroxylation is 1. The highest BCUT2D eigenvalue weighted by Crippen LogP contribution is 2.38. The van der Waals surface area contributed by atoms with Crippen molar-refractivity contribution in [2.75, 3.05) is 26.6 Å². The first-order chi connectivity index (χ1) is 16.0. The zero-order chi connectivity index (χ0) is 23.5. The first-order valence-corrected chi connectivity index (χ1v) is 10.4. The standard InChI is InChI=1S/C24H25N5O4/c1-14-10-18(25-3)21(24(30)32-5)15(2)22(14)33-23-20(31-4)11-16(12-26-23)13-29-19-9-7-6-8-17(19)27-28-29/h6-12,25H,13H2,1-5H3. The lowest BCUT2D eigenvalue weighted by Crippen LogP contribution is -2.10. The van der Waals surface area contributed by atoms with Gasteiger partial charge in [-0.2, -0.15) is 0 Å². The fraction of sp³-hybridized carbons (Fsp3) is 0.250. The fourth-order valence-electron chi connectivity index (χ4n) is 3.77. The van der Waals surface area contributed by atoms with E-state index in [1.54, 1.807) is 25.0 Å². The molecule has 0 saturated carbocycles. The van der Waals surface area contributed by atoms with Gasteiger partial charge in [-0.3, -0.25) is 0 Å². The van der Waals surface area contributed by atoms with Crippen LogP contribution in [-0.2, 0) is 11.3 Å². The van der Waals surface area contributed by atoms with Gasteiger partial charge >= 0.3 is 5.97 Å². The third-order valence-corrected chi connectivity index (χ3v) is 5.41. The molecule has 2 aromatic carbocycles. The van der Waals surface area contributed by atoms with E-state index in [0.717, 1.165) is 22.2 Å². The predicted molar refractivity (Wildman–Crippen MR) is 124 cm³/mol. The van der Waals surface area contributed by atoms with Crippen LogP contribution in [0.15, 0.2) is 42.6 Å². The average Bonchev–Trinajstić information content (AvgIpc) is 3.24. The van der Waals surface area contributed by atoms with Crippen molar-refractivity contribution < 1.29 is 19.0 Å². The SMILES string of the molecule is CNc1cc(C)c(Oc2ncc(Cn3nnc4ccccc43)cc2OC)c(C)c1C(=O)OC. The summed E-state index contributed by atoms with van der Waals surface area (Å²) in [6.45, 7) is 4.19. The molecule has 0 unspecified atom stereocenters. The molecule has 9 heteroatoms. The summed E-state index contributed by atoms with van der Waals surface area (Å²) >= 11 is 0. The molecular weight excluding hydrogens is 422 g/mol. The normalized spacial score (nSPS) is 10.8. The predicted octanol–water partition coefficient (Wildman–Crippen LogP) is 4.12. The molecule has 0 fully saturated rings. The van der Waals surface area contributed by atoms with Crippen LogP contribution >= 0.6 is 0 Å². The summed E-state index contributed by atoms with van der Waals surface area (Å²) in [6.07, 6.45) is 1.71. The van der Waals surface area contributed by atoms with E-state index in [1.807, 2.05) is 50.2 Å². The van der Waals surface area contributed by atoms with Crippen molar-refractivity contribution in [3.63, 3.8) is 0 Å². The minimum Gasteiger partial charge on any atom is -0.491 e. The number of hydrogen-bond donors (Lipinski definition) is 1. The molecular formula is C24H25N5O4. The van der Waals surface area contributed by atoms with E-state index < -0.39 is 5.97 Å². The van der Waals surface area contributed by atoms with Crippen LogP contribution in [0, 0.1) is 13.8 Å². The van der Waals surface area contributed by atoms with E-state index in [0.29, 0.717) is 40.7 Å². The second kappa shape index (κ2) is 9.15. The van der Waals surface area contributed by atoms with E-state index in [2.05, 4.69) is 20.6 Å². The van der Waals surface area contributed by atoms with Gasteiger partial charge in [0.2, 0.25) is 0 Å². The molecule has 4 rings (SSSR count). The molecule has 170 valence electrons. The number of esters is 1. The number of aromatic nitrogens is 4. The zero-order valence-corrected chi connectivity index (χ0v) is 19.2. The Bertz CT molecular complexity index is 1330. The van der Waals surface area contributed by atoms with Crippen LogP contribution in [0.5, 0.6) is 17.4 Å². The number of methoxy groups -OCH3 is 2. The quantitative estimate of drug-likeness (QED) is 0.422. The topological polar surface area (TPSA) is 100 Å². The summed E-state index contributed by atoms with van der Waals surface area (Å²) in [5, 5.41) is 11.5. The molecule has 1 N–H and O–H groups in total. The van der Waals surface area contributed by atoms with Gasteiger partial charge in [0, 0.05) is 24.5 Å². The number of nitrogens with one attached hydrogen (secondary N) is 1. The van der Waals surface area contributed by atoms with Gasteiger partial charge in [0.25, 0.3) is 5.88 Å². The van der Waals surface area contributed by atoms with E-state index in [1.165, 1.54) is 7.11 Å². The summed E-state index contributed by atoms with van der Waals surface area (Å²) in [7, 11) is 4.66. The highest BCUT2D eigenvalue weighted by Gasteiger charge is 2.22. The molecule has 0 aliphatic rings. The van der Waals surface area contributed by atoms with E-state index in [9.17, 15) is 4.79 Å². The summed E-state index contributed by atoms with van der Waals surface area (Å²) in [5.41, 5.74) is 5.20. The van der Waals surface area contributed by atoms with E-state index in [4.69, 9.17) is 14.2 Å². The molecule has 33 heavy (non-hydrogen) atoms. The Balaban J connectivity index is 1.67. The molecule has 0 aliphatic heterocycles. The minimum absolute atomic E-state index is 0.295. The maximum atomic E-state index is 12.4. The number of fused-ring (bicyclic) bond motifs is 1. The van der Waals surface area contributed by atoms with Gasteiger partial charge in [-0.1, -0.05) is 17.3 Å². The largest absolute Gasteiger partial charge is 0.491 e. The maximum Gasteiger partial charge on any atom is 0.340 e. The third kappa shape index (κ3) is 4.17. The Morgan fingerprint density at radius 1 is 1.15 bits per heavy atom. The Labute approximate surface area is 191 Å². The van der Waals surface area contributed by atoms with Crippen LogP contribution in [0.25, 0.3) is 11.0 Å². The first kappa shape index (κ1) is 22.1. The smallest absolute Gasteiger partial charge is 0.340 e. The van der Waals surface area contributed by atoms with Crippen molar-refractivity contribution in [2.45, 2.75) is 20.4 Å². The van der Waals surface area contributed by atoms with Gasteiger partial charge in [0.1, 0.15) is 11.3 Å². The van der Waals surface area contributed by atoms with Gasteiger partial charge in [0.05, 0.1) is 31.8 Å². The molecule has 0 saturated heterocycles. The number of nitrogens with zero attached hydrogens (tertiary/aromatic N) is 4. The Hall–Kier alpha value is -4.14. The Morgan fingerprint density at radius 2 is 1.94 bits per heavy atom.